The summed E-state index contributed by atoms with van der Waals surface area (Å²) in [5.74, 6) is -0.520. The van der Waals surface area contributed by atoms with Gasteiger partial charge in [-0.3, -0.25) is 0 Å². The molecule has 1 aromatic rings. The highest BCUT2D eigenvalue weighted by Gasteiger charge is 2.03. The van der Waals surface area contributed by atoms with Crippen molar-refractivity contribution in [1.82, 2.24) is 0 Å². The largest absolute Gasteiger partial charge is 0.464 e. The van der Waals surface area contributed by atoms with E-state index in [1.807, 2.05) is 24.3 Å². The third-order valence-electron chi connectivity index (χ3n) is 1.61. The second-order valence-electron chi connectivity index (χ2n) is 2.64. The van der Waals surface area contributed by atoms with E-state index in [2.05, 4.69) is 20.7 Å². The van der Waals surface area contributed by atoms with Gasteiger partial charge < -0.3 is 10.5 Å². The van der Waals surface area contributed by atoms with Crippen molar-refractivity contribution >= 4 is 28.0 Å². The number of rotatable bonds is 2. The zero-order valence-corrected chi connectivity index (χ0v) is 9.24. The van der Waals surface area contributed by atoms with E-state index < -0.39 is 5.97 Å². The molecule has 0 bridgehead atoms. The Morgan fingerprint density at radius 1 is 1.43 bits per heavy atom. The molecule has 0 unspecified atom stereocenters. The van der Waals surface area contributed by atoms with Gasteiger partial charge in [-0.1, -0.05) is 28.1 Å². The lowest BCUT2D eigenvalue weighted by Gasteiger charge is -1.99. The number of esters is 1. The third-order valence-corrected chi connectivity index (χ3v) is 2.14. The van der Waals surface area contributed by atoms with E-state index in [1.165, 1.54) is 7.11 Å². The van der Waals surface area contributed by atoms with Gasteiger partial charge in [0.2, 0.25) is 0 Å². The summed E-state index contributed by atoms with van der Waals surface area (Å²) in [6, 6.07) is 7.44. The van der Waals surface area contributed by atoms with Crippen molar-refractivity contribution in [2.45, 2.75) is 0 Å². The van der Waals surface area contributed by atoms with Crippen molar-refractivity contribution in [2.24, 2.45) is 5.73 Å². The molecule has 0 saturated carbocycles. The van der Waals surface area contributed by atoms with Crippen LogP contribution in [0, 0.1) is 0 Å². The summed E-state index contributed by atoms with van der Waals surface area (Å²) in [5.41, 5.74) is 6.42. The molecule has 0 aliphatic carbocycles. The Kier molecular flexibility index (Phi) is 3.71. The molecule has 0 aromatic heterocycles. The monoisotopic (exact) mass is 255 g/mol. The Balaban J connectivity index is 2.86. The number of hydrogen-bond donors (Lipinski definition) is 1. The second kappa shape index (κ2) is 4.81. The van der Waals surface area contributed by atoms with Crippen molar-refractivity contribution in [3.63, 3.8) is 0 Å². The van der Waals surface area contributed by atoms with Crippen molar-refractivity contribution < 1.29 is 9.53 Å². The summed E-state index contributed by atoms with van der Waals surface area (Å²) >= 11 is 3.31. The first-order valence-corrected chi connectivity index (χ1v) is 4.74. The summed E-state index contributed by atoms with van der Waals surface area (Å²) in [6.45, 7) is 0. The summed E-state index contributed by atoms with van der Waals surface area (Å²) in [4.78, 5) is 11.0. The van der Waals surface area contributed by atoms with E-state index in [4.69, 9.17) is 5.73 Å². The average Bonchev–Trinajstić information content (AvgIpc) is 2.20. The fourth-order valence-electron chi connectivity index (χ4n) is 0.915. The van der Waals surface area contributed by atoms with Crippen molar-refractivity contribution in [1.29, 1.82) is 0 Å². The van der Waals surface area contributed by atoms with E-state index in [9.17, 15) is 4.79 Å². The van der Waals surface area contributed by atoms with Gasteiger partial charge in [0.25, 0.3) is 0 Å². The Morgan fingerprint density at radius 2 is 2.00 bits per heavy atom. The molecule has 0 radical (unpaired) electrons. The molecule has 14 heavy (non-hydrogen) atoms. The van der Waals surface area contributed by atoms with Crippen LogP contribution in [0.5, 0.6) is 0 Å². The lowest BCUT2D eigenvalue weighted by atomic mass is 10.2. The number of methoxy groups -OCH3 is 1. The zero-order valence-electron chi connectivity index (χ0n) is 7.66. The first-order valence-electron chi connectivity index (χ1n) is 3.94. The van der Waals surface area contributed by atoms with E-state index in [0.717, 1.165) is 10.0 Å². The van der Waals surface area contributed by atoms with Gasteiger partial charge >= 0.3 is 5.97 Å². The molecule has 0 aliphatic heterocycles. The van der Waals surface area contributed by atoms with Crippen LogP contribution in [0.15, 0.2) is 34.4 Å². The SMILES string of the molecule is COC(=O)C(N)=Cc1ccc(Br)cc1. The topological polar surface area (TPSA) is 52.3 Å². The fraction of sp³-hybridized carbons (Fsp3) is 0.100. The smallest absolute Gasteiger partial charge is 0.353 e. The molecule has 0 saturated heterocycles. The lowest BCUT2D eigenvalue weighted by Crippen LogP contribution is -2.12. The third kappa shape index (κ3) is 2.88. The molecule has 4 heteroatoms. The van der Waals surface area contributed by atoms with Crippen molar-refractivity contribution in [3.05, 3.63) is 40.0 Å². The highest BCUT2D eigenvalue weighted by atomic mass is 79.9. The summed E-state index contributed by atoms with van der Waals surface area (Å²) in [6.07, 6.45) is 1.57. The molecule has 1 aromatic carbocycles. The maximum atomic E-state index is 11.0. The zero-order chi connectivity index (χ0) is 10.6. The van der Waals surface area contributed by atoms with E-state index in [1.54, 1.807) is 6.08 Å². The van der Waals surface area contributed by atoms with Gasteiger partial charge in [-0.15, -0.1) is 0 Å². The van der Waals surface area contributed by atoms with Crippen LogP contribution in [0.2, 0.25) is 0 Å². The number of ether oxygens (including phenoxy) is 1. The fourth-order valence-corrected chi connectivity index (χ4v) is 1.18. The van der Waals surface area contributed by atoms with E-state index in [0.29, 0.717) is 0 Å². The Hall–Kier alpha value is -1.29. The standard InChI is InChI=1S/C10H10BrNO2/c1-14-10(13)9(12)6-7-2-4-8(11)5-3-7/h2-6H,12H2,1H3. The van der Waals surface area contributed by atoms with Crippen LogP contribution in [0.1, 0.15) is 5.56 Å². The van der Waals surface area contributed by atoms with Crippen LogP contribution in [-0.4, -0.2) is 13.1 Å². The Labute approximate surface area is 90.7 Å². The van der Waals surface area contributed by atoms with Crippen LogP contribution >= 0.6 is 15.9 Å². The molecule has 3 nitrogen and oxygen atoms in total. The molecule has 0 spiro atoms. The summed E-state index contributed by atoms with van der Waals surface area (Å²) in [5, 5.41) is 0. The first-order chi connectivity index (χ1) is 6.63. The molecule has 0 aliphatic rings. The predicted molar refractivity (Wildman–Crippen MR) is 58.3 cm³/mol. The van der Waals surface area contributed by atoms with E-state index in [-0.39, 0.29) is 5.70 Å². The van der Waals surface area contributed by atoms with Crippen LogP contribution in [0.3, 0.4) is 0 Å². The number of benzene rings is 1. The maximum Gasteiger partial charge on any atom is 0.353 e. The van der Waals surface area contributed by atoms with Gasteiger partial charge in [0.1, 0.15) is 5.70 Å². The van der Waals surface area contributed by atoms with Crippen molar-refractivity contribution in [3.8, 4) is 0 Å². The minimum Gasteiger partial charge on any atom is -0.464 e. The van der Waals surface area contributed by atoms with Crippen LogP contribution in [-0.2, 0) is 9.53 Å². The first kappa shape index (κ1) is 10.8. The molecule has 0 fully saturated rings. The molecular formula is C10H10BrNO2. The minimum atomic E-state index is -0.520. The molecule has 0 heterocycles. The quantitative estimate of drug-likeness (QED) is 0.649. The van der Waals surface area contributed by atoms with Crippen LogP contribution in [0.4, 0.5) is 0 Å². The lowest BCUT2D eigenvalue weighted by molar-refractivity contribution is -0.136. The molecule has 74 valence electrons. The molecule has 2 N–H and O–H groups in total. The number of halogens is 1. The predicted octanol–water partition coefficient (Wildman–Crippen LogP) is 1.92. The number of carbonyl (C=O) groups is 1. The van der Waals surface area contributed by atoms with E-state index >= 15 is 0 Å². The second-order valence-corrected chi connectivity index (χ2v) is 3.56. The molecule has 1 rings (SSSR count). The normalized spacial score (nSPS) is 11.1. The summed E-state index contributed by atoms with van der Waals surface area (Å²) in [7, 11) is 1.30. The van der Waals surface area contributed by atoms with Gasteiger partial charge in [0.05, 0.1) is 7.11 Å². The number of hydrogen-bond acceptors (Lipinski definition) is 3. The molecular weight excluding hydrogens is 246 g/mol. The van der Waals surface area contributed by atoms with Gasteiger partial charge in [-0.05, 0) is 23.8 Å². The van der Waals surface area contributed by atoms with Crippen LogP contribution < -0.4 is 5.73 Å². The maximum absolute atomic E-state index is 11.0. The highest BCUT2D eigenvalue weighted by Crippen LogP contribution is 2.12. The van der Waals surface area contributed by atoms with Gasteiger partial charge in [-0.25, -0.2) is 4.79 Å². The minimum absolute atomic E-state index is 0.0924. The number of nitrogens with two attached hydrogens (primary N) is 1. The molecule has 0 atom stereocenters. The average molecular weight is 256 g/mol. The van der Waals surface area contributed by atoms with Gasteiger partial charge in [-0.2, -0.15) is 0 Å². The highest BCUT2D eigenvalue weighted by molar-refractivity contribution is 9.10. The van der Waals surface area contributed by atoms with Crippen molar-refractivity contribution in [2.75, 3.05) is 7.11 Å². The van der Waals surface area contributed by atoms with Crippen LogP contribution in [0.25, 0.3) is 6.08 Å². The molecule has 0 amide bonds. The Bertz CT molecular complexity index is 357. The Morgan fingerprint density at radius 3 is 2.50 bits per heavy atom. The summed E-state index contributed by atoms with van der Waals surface area (Å²) < 4.78 is 5.44. The van der Waals surface area contributed by atoms with Gasteiger partial charge in [0.15, 0.2) is 0 Å². The number of carbonyl (C=O) groups excluding carboxylic acids is 1. The van der Waals surface area contributed by atoms with Gasteiger partial charge in [0, 0.05) is 4.47 Å².